The standard InChI is InChI=1S/C17H21N3O2.C2HF3O2/c18-17(7-8-22-12-17)11-20-16(21)6-5-14-10-19-9-13-3-1-2-4-15(13)14;3-2(4,5)1(6)7/h1-4,9-10H,5-8,11-12,18H2,(H,20,21);(H,6,7). The molecule has 0 aliphatic carbocycles. The normalized spacial score (nSPS) is 18.8. The Hall–Kier alpha value is -2.72. The van der Waals surface area contributed by atoms with E-state index in [1.165, 1.54) is 0 Å². The van der Waals surface area contributed by atoms with Crippen molar-refractivity contribution in [2.24, 2.45) is 5.73 Å². The van der Waals surface area contributed by atoms with Crippen molar-refractivity contribution in [3.05, 3.63) is 42.2 Å². The summed E-state index contributed by atoms with van der Waals surface area (Å²) in [6, 6.07) is 8.09. The molecule has 1 saturated heterocycles. The average Bonchev–Trinajstić information content (AvgIpc) is 3.11. The van der Waals surface area contributed by atoms with E-state index in [0.29, 0.717) is 32.6 Å². The van der Waals surface area contributed by atoms with Crippen LogP contribution in [-0.4, -0.2) is 53.4 Å². The first kappa shape index (κ1) is 22.6. The van der Waals surface area contributed by atoms with Gasteiger partial charge >= 0.3 is 12.1 Å². The molecule has 29 heavy (non-hydrogen) atoms. The van der Waals surface area contributed by atoms with Crippen LogP contribution in [0, 0.1) is 0 Å². The van der Waals surface area contributed by atoms with E-state index >= 15 is 0 Å². The number of carbonyl (C=O) groups is 2. The van der Waals surface area contributed by atoms with Crippen molar-refractivity contribution in [2.45, 2.75) is 31.0 Å². The van der Waals surface area contributed by atoms with Gasteiger partial charge in [-0.05, 0) is 23.8 Å². The summed E-state index contributed by atoms with van der Waals surface area (Å²) in [6.45, 7) is 1.66. The zero-order chi connectivity index (χ0) is 21.5. The van der Waals surface area contributed by atoms with E-state index in [0.717, 1.165) is 22.8 Å². The Labute approximate surface area is 165 Å². The number of aromatic nitrogens is 1. The largest absolute Gasteiger partial charge is 0.490 e. The molecule has 3 rings (SSSR count). The highest BCUT2D eigenvalue weighted by Gasteiger charge is 2.38. The van der Waals surface area contributed by atoms with E-state index in [1.807, 2.05) is 30.6 Å². The molecule has 4 N–H and O–H groups in total. The molecule has 0 saturated carbocycles. The molecular weight excluding hydrogens is 391 g/mol. The second-order valence-electron chi connectivity index (χ2n) is 6.76. The van der Waals surface area contributed by atoms with E-state index < -0.39 is 17.7 Å². The van der Waals surface area contributed by atoms with E-state index in [1.54, 1.807) is 0 Å². The minimum atomic E-state index is -5.08. The number of halogens is 3. The number of aryl methyl sites for hydroxylation is 1. The quantitative estimate of drug-likeness (QED) is 0.691. The molecule has 1 amide bonds. The number of fused-ring (bicyclic) bond motifs is 1. The van der Waals surface area contributed by atoms with E-state index in [4.69, 9.17) is 20.4 Å². The molecule has 2 heterocycles. The first-order valence-corrected chi connectivity index (χ1v) is 8.86. The Morgan fingerprint density at radius 2 is 1.97 bits per heavy atom. The van der Waals surface area contributed by atoms with Gasteiger partial charge in [0.05, 0.1) is 12.1 Å². The summed E-state index contributed by atoms with van der Waals surface area (Å²) in [5, 5.41) is 12.3. The molecule has 0 spiro atoms. The van der Waals surface area contributed by atoms with Gasteiger partial charge in [0.1, 0.15) is 0 Å². The summed E-state index contributed by atoms with van der Waals surface area (Å²) < 4.78 is 37.0. The zero-order valence-electron chi connectivity index (χ0n) is 15.5. The van der Waals surface area contributed by atoms with Gasteiger partial charge in [0.15, 0.2) is 0 Å². The van der Waals surface area contributed by atoms with E-state index in [-0.39, 0.29) is 5.91 Å². The SMILES string of the molecule is NC1(CNC(=O)CCc2cncc3ccccc23)CCOC1.O=C(O)C(F)(F)F. The fourth-order valence-electron chi connectivity index (χ4n) is 2.75. The monoisotopic (exact) mass is 413 g/mol. The molecule has 0 bridgehead atoms. The van der Waals surface area contributed by atoms with Crippen LogP contribution >= 0.6 is 0 Å². The molecule has 1 aromatic heterocycles. The predicted molar refractivity (Wildman–Crippen MR) is 99.1 cm³/mol. The number of aliphatic carboxylic acids is 1. The van der Waals surface area contributed by atoms with Crippen LogP contribution in [0.2, 0.25) is 0 Å². The molecule has 10 heteroatoms. The molecular formula is C19H22F3N3O4. The topological polar surface area (TPSA) is 115 Å². The number of carbonyl (C=O) groups excluding carboxylic acids is 1. The van der Waals surface area contributed by atoms with Crippen LogP contribution in [0.15, 0.2) is 36.7 Å². The number of nitrogens with two attached hydrogens (primary N) is 1. The van der Waals surface area contributed by atoms with Crippen molar-refractivity contribution < 1.29 is 32.6 Å². The third-order valence-electron chi connectivity index (χ3n) is 4.39. The Morgan fingerprint density at radius 1 is 1.28 bits per heavy atom. The Morgan fingerprint density at radius 3 is 2.59 bits per heavy atom. The first-order valence-electron chi connectivity index (χ1n) is 8.86. The Kier molecular flexibility index (Phi) is 7.52. The van der Waals surface area contributed by atoms with Crippen molar-refractivity contribution in [1.82, 2.24) is 10.3 Å². The van der Waals surface area contributed by atoms with Crippen LogP contribution in [0.25, 0.3) is 10.8 Å². The van der Waals surface area contributed by atoms with Crippen LogP contribution in [-0.2, 0) is 20.7 Å². The number of rotatable bonds is 5. The fraction of sp³-hybridized carbons (Fsp3) is 0.421. The van der Waals surface area contributed by atoms with Gasteiger partial charge in [-0.1, -0.05) is 24.3 Å². The fourth-order valence-corrected chi connectivity index (χ4v) is 2.75. The number of hydrogen-bond donors (Lipinski definition) is 3. The maximum absolute atomic E-state index is 12.0. The molecule has 1 aliphatic rings. The summed E-state index contributed by atoms with van der Waals surface area (Å²) in [6.07, 6.45) is 0.503. The summed E-state index contributed by atoms with van der Waals surface area (Å²) >= 11 is 0. The maximum atomic E-state index is 12.0. The van der Waals surface area contributed by atoms with Crippen LogP contribution in [0.5, 0.6) is 0 Å². The van der Waals surface area contributed by atoms with Crippen molar-refractivity contribution in [3.63, 3.8) is 0 Å². The number of amides is 1. The molecule has 1 aliphatic heterocycles. The Balaban J connectivity index is 0.000000370. The molecule has 0 radical (unpaired) electrons. The Bertz CT molecular complexity index is 847. The third-order valence-corrected chi connectivity index (χ3v) is 4.39. The number of pyridine rings is 1. The highest BCUT2D eigenvalue weighted by molar-refractivity contribution is 5.85. The molecule has 158 valence electrons. The minimum Gasteiger partial charge on any atom is -0.475 e. The minimum absolute atomic E-state index is 0.0182. The lowest BCUT2D eigenvalue weighted by Crippen LogP contribution is -2.50. The average molecular weight is 413 g/mol. The van der Waals surface area contributed by atoms with Crippen molar-refractivity contribution in [3.8, 4) is 0 Å². The number of hydrogen-bond acceptors (Lipinski definition) is 5. The van der Waals surface area contributed by atoms with E-state index in [2.05, 4.69) is 16.4 Å². The van der Waals surface area contributed by atoms with Gasteiger partial charge in [-0.15, -0.1) is 0 Å². The molecule has 7 nitrogen and oxygen atoms in total. The smallest absolute Gasteiger partial charge is 0.475 e. The highest BCUT2D eigenvalue weighted by atomic mass is 19.4. The van der Waals surface area contributed by atoms with E-state index in [9.17, 15) is 18.0 Å². The number of ether oxygens (including phenoxy) is 1. The zero-order valence-corrected chi connectivity index (χ0v) is 15.5. The summed E-state index contributed by atoms with van der Waals surface area (Å²) in [4.78, 5) is 25.2. The first-order chi connectivity index (χ1) is 13.6. The van der Waals surface area contributed by atoms with Crippen LogP contribution in [0.3, 0.4) is 0 Å². The van der Waals surface area contributed by atoms with Crippen LogP contribution in [0.1, 0.15) is 18.4 Å². The van der Waals surface area contributed by atoms with Gasteiger partial charge in [0.25, 0.3) is 0 Å². The lowest BCUT2D eigenvalue weighted by molar-refractivity contribution is -0.192. The number of carboxylic acids is 1. The second kappa shape index (κ2) is 9.66. The van der Waals surface area contributed by atoms with Gasteiger partial charge < -0.3 is 20.9 Å². The number of nitrogens with zero attached hydrogens (tertiary/aromatic N) is 1. The molecule has 1 atom stereocenters. The summed E-state index contributed by atoms with van der Waals surface area (Å²) in [7, 11) is 0. The van der Waals surface area contributed by atoms with Gasteiger partial charge in [0, 0.05) is 37.4 Å². The molecule has 2 aromatic rings. The summed E-state index contributed by atoms with van der Waals surface area (Å²) in [5.74, 6) is -2.74. The molecule has 1 aromatic carbocycles. The van der Waals surface area contributed by atoms with Crippen LogP contribution in [0.4, 0.5) is 13.2 Å². The lowest BCUT2D eigenvalue weighted by atomic mass is 10.00. The van der Waals surface area contributed by atoms with Gasteiger partial charge in [-0.2, -0.15) is 13.2 Å². The molecule has 1 unspecified atom stereocenters. The van der Waals surface area contributed by atoms with Crippen molar-refractivity contribution in [2.75, 3.05) is 19.8 Å². The van der Waals surface area contributed by atoms with Crippen molar-refractivity contribution in [1.29, 1.82) is 0 Å². The van der Waals surface area contributed by atoms with Crippen molar-refractivity contribution >= 4 is 22.6 Å². The van der Waals surface area contributed by atoms with Gasteiger partial charge in [-0.25, -0.2) is 4.79 Å². The maximum Gasteiger partial charge on any atom is 0.490 e. The third kappa shape index (κ3) is 6.99. The number of benzene rings is 1. The van der Waals surface area contributed by atoms with Crippen LogP contribution < -0.4 is 11.1 Å². The summed E-state index contributed by atoms with van der Waals surface area (Å²) in [5.41, 5.74) is 6.83. The van der Waals surface area contributed by atoms with Gasteiger partial charge in [-0.3, -0.25) is 9.78 Å². The second-order valence-corrected chi connectivity index (χ2v) is 6.76. The van der Waals surface area contributed by atoms with Gasteiger partial charge in [0.2, 0.25) is 5.91 Å². The number of carboxylic acid groups (broad SMARTS) is 1. The highest BCUT2D eigenvalue weighted by Crippen LogP contribution is 2.18. The molecule has 1 fully saturated rings. The number of alkyl halides is 3. The number of nitrogens with one attached hydrogen (secondary N) is 1. The lowest BCUT2D eigenvalue weighted by Gasteiger charge is -2.21. The predicted octanol–water partition coefficient (Wildman–Crippen LogP) is 2.03.